The molecule has 0 radical (unpaired) electrons. The van der Waals surface area contributed by atoms with E-state index in [1.54, 1.807) is 6.08 Å². The van der Waals surface area contributed by atoms with Crippen molar-refractivity contribution < 1.29 is 89.4 Å². The van der Waals surface area contributed by atoms with Crippen molar-refractivity contribution >= 4 is 5.91 Å². The lowest BCUT2D eigenvalue weighted by Gasteiger charge is -2.48. The summed E-state index contributed by atoms with van der Waals surface area (Å²) in [6.07, 6.45) is 51.3. The van der Waals surface area contributed by atoms with Crippen LogP contribution in [0.5, 0.6) is 0 Å². The Kier molecular flexibility index (Phi) is 58.1. The zero-order valence-corrected chi connectivity index (χ0v) is 63.7. The smallest absolute Gasteiger partial charge is 0.220 e. The number of aliphatic hydroxyl groups excluding tert-OH is 11. The molecule has 0 aromatic heterocycles. The maximum absolute atomic E-state index is 13.5. The van der Waals surface area contributed by atoms with Crippen LogP contribution in [-0.4, -0.2) is 193 Å². The van der Waals surface area contributed by atoms with E-state index in [0.29, 0.717) is 6.42 Å². The summed E-state index contributed by atoms with van der Waals surface area (Å²) in [6, 6.07) is -0.973. The maximum atomic E-state index is 13.5. The summed E-state index contributed by atoms with van der Waals surface area (Å²) in [5.41, 5.74) is 0. The van der Waals surface area contributed by atoms with E-state index in [2.05, 4.69) is 43.5 Å². The first-order valence-electron chi connectivity index (χ1n) is 41.7. The van der Waals surface area contributed by atoms with Crippen molar-refractivity contribution in [3.05, 3.63) is 36.5 Å². The lowest BCUT2D eigenvalue weighted by atomic mass is 9.96. The van der Waals surface area contributed by atoms with Gasteiger partial charge in [-0.2, -0.15) is 0 Å². The van der Waals surface area contributed by atoms with Crippen molar-refractivity contribution in [2.45, 2.75) is 452 Å². The van der Waals surface area contributed by atoms with Gasteiger partial charge in [-0.05, 0) is 51.4 Å². The van der Waals surface area contributed by atoms with Gasteiger partial charge in [-0.25, -0.2) is 0 Å². The highest BCUT2D eigenvalue weighted by Gasteiger charge is 2.54. The second kappa shape index (κ2) is 63.0. The third-order valence-electron chi connectivity index (χ3n) is 20.9. The molecule has 0 aromatic carbocycles. The first-order chi connectivity index (χ1) is 49.3. The second-order valence-corrected chi connectivity index (χ2v) is 29.9. The number of aliphatic hydroxyl groups is 11. The number of amides is 1. The Labute approximate surface area is 612 Å². The summed E-state index contributed by atoms with van der Waals surface area (Å²) in [5.74, 6) is -0.269. The number of ether oxygens (including phenoxy) is 6. The quantitative estimate of drug-likeness (QED) is 0.0199. The zero-order valence-electron chi connectivity index (χ0n) is 63.7. The Balaban J connectivity index is 1.36. The van der Waals surface area contributed by atoms with Crippen molar-refractivity contribution in [1.29, 1.82) is 0 Å². The van der Waals surface area contributed by atoms with Crippen LogP contribution in [0.3, 0.4) is 0 Å². The average molecular weight is 1440 g/mol. The van der Waals surface area contributed by atoms with Gasteiger partial charge < -0.3 is 89.9 Å². The van der Waals surface area contributed by atoms with Gasteiger partial charge >= 0.3 is 0 Å². The molecule has 594 valence electrons. The Morgan fingerprint density at radius 1 is 0.356 bits per heavy atom. The number of allylic oxidation sites excluding steroid dienone is 5. The van der Waals surface area contributed by atoms with Crippen LogP contribution >= 0.6 is 0 Å². The van der Waals surface area contributed by atoms with Crippen LogP contribution in [-0.2, 0) is 33.2 Å². The SMILES string of the molecule is CCCCCCC/C=C\C/C=C\CCCCCCCCCCCCCCCCCCCCCC(=O)NC(COC1OC(CO)C(OC2OC(CO)C(OC3OC(CO)C(O)C(O)C3O)C(O)C2O)C(O)C1O)C(O)/C=C/CCCCCCCCCCCCCCCCCCCCCCCCC. The standard InChI is InChI=1S/C82H153NO18/c1-3-5-7-9-11-13-15-17-19-21-23-25-27-29-30-31-32-33-34-36-38-40-42-44-46-48-50-52-54-56-58-60-70(88)83-65(66(87)59-57-55-53-51-49-47-45-43-41-39-37-35-28-26-24-22-20-18-16-14-12-10-8-6-4-2)64-96-80-76(94)73(91)78(68(62-85)98-80)101-82-77(95)74(92)79(69(63-86)99-82)100-81-75(93)72(90)71(89)67(61-84)97-81/h15,17,21,23,57,59,65-69,71-82,84-87,89-95H,3-14,16,18-20,22,24-56,58,60-64H2,1-2H3,(H,83,88)/b17-15-,23-21-,59-57+. The number of rotatable bonds is 67. The molecule has 3 saturated heterocycles. The molecular weight excluding hydrogens is 1290 g/mol. The highest BCUT2D eigenvalue weighted by atomic mass is 16.8. The summed E-state index contributed by atoms with van der Waals surface area (Å²) in [4.78, 5) is 13.5. The van der Waals surface area contributed by atoms with Gasteiger partial charge in [-0.15, -0.1) is 0 Å². The second-order valence-electron chi connectivity index (χ2n) is 29.9. The minimum Gasteiger partial charge on any atom is -0.394 e. The molecule has 1 amide bonds. The minimum atomic E-state index is -1.98. The highest BCUT2D eigenvalue weighted by molar-refractivity contribution is 5.76. The lowest BCUT2D eigenvalue weighted by Crippen LogP contribution is -2.66. The molecule has 3 aliphatic heterocycles. The number of hydrogen-bond acceptors (Lipinski definition) is 18. The van der Waals surface area contributed by atoms with Crippen LogP contribution in [0.15, 0.2) is 36.5 Å². The topological polar surface area (TPSA) is 307 Å². The summed E-state index contributed by atoms with van der Waals surface area (Å²) < 4.78 is 34.5. The molecule has 3 aliphatic rings. The molecule has 12 N–H and O–H groups in total. The lowest BCUT2D eigenvalue weighted by molar-refractivity contribution is -0.379. The zero-order chi connectivity index (χ0) is 73.2. The van der Waals surface area contributed by atoms with E-state index in [9.17, 15) is 61.0 Å². The first kappa shape index (κ1) is 93.2. The van der Waals surface area contributed by atoms with Gasteiger partial charge in [0.05, 0.1) is 38.6 Å². The molecule has 0 bridgehead atoms. The summed E-state index contributed by atoms with van der Waals surface area (Å²) in [7, 11) is 0. The van der Waals surface area contributed by atoms with E-state index in [1.807, 2.05) is 6.08 Å². The molecule has 19 nitrogen and oxygen atoms in total. The van der Waals surface area contributed by atoms with E-state index in [-0.39, 0.29) is 18.9 Å². The number of nitrogens with one attached hydrogen (secondary N) is 1. The van der Waals surface area contributed by atoms with Crippen LogP contribution in [0.4, 0.5) is 0 Å². The Morgan fingerprint density at radius 3 is 1.01 bits per heavy atom. The van der Waals surface area contributed by atoms with Gasteiger partial charge in [0.2, 0.25) is 5.91 Å². The maximum Gasteiger partial charge on any atom is 0.220 e. The molecule has 0 aromatic rings. The molecule has 0 saturated carbocycles. The van der Waals surface area contributed by atoms with Gasteiger partial charge in [0, 0.05) is 6.42 Å². The van der Waals surface area contributed by atoms with E-state index in [1.165, 1.54) is 270 Å². The van der Waals surface area contributed by atoms with E-state index >= 15 is 0 Å². The van der Waals surface area contributed by atoms with Gasteiger partial charge in [-0.1, -0.05) is 326 Å². The van der Waals surface area contributed by atoms with Crippen molar-refractivity contribution in [2.75, 3.05) is 26.4 Å². The molecule has 3 fully saturated rings. The molecule has 3 heterocycles. The van der Waals surface area contributed by atoms with Crippen LogP contribution in [0.1, 0.15) is 348 Å². The fourth-order valence-corrected chi connectivity index (χ4v) is 14.2. The fourth-order valence-electron chi connectivity index (χ4n) is 14.2. The number of unbranched alkanes of at least 4 members (excludes halogenated alkanes) is 47. The Hall–Kier alpha value is -1.99. The minimum absolute atomic E-state index is 0.247. The molecular formula is C82H153NO18. The summed E-state index contributed by atoms with van der Waals surface area (Å²) in [6.45, 7) is 1.78. The Bertz CT molecular complexity index is 1960. The third kappa shape index (κ3) is 43.0. The van der Waals surface area contributed by atoms with E-state index in [4.69, 9.17) is 28.4 Å². The fraction of sp³-hybridized carbons (Fsp3) is 0.915. The van der Waals surface area contributed by atoms with E-state index in [0.717, 1.165) is 51.4 Å². The largest absolute Gasteiger partial charge is 0.394 e. The molecule has 3 rings (SSSR count). The normalized spacial score (nSPS) is 26.4. The molecule has 17 unspecified atom stereocenters. The van der Waals surface area contributed by atoms with Crippen LogP contribution in [0.25, 0.3) is 0 Å². The Morgan fingerprint density at radius 2 is 0.653 bits per heavy atom. The molecule has 19 heteroatoms. The third-order valence-corrected chi connectivity index (χ3v) is 20.9. The van der Waals surface area contributed by atoms with Crippen LogP contribution in [0, 0.1) is 0 Å². The highest BCUT2D eigenvalue weighted by Crippen LogP contribution is 2.33. The number of carbonyl (C=O) groups is 1. The van der Waals surface area contributed by atoms with Gasteiger partial charge in [0.1, 0.15) is 73.2 Å². The molecule has 0 aliphatic carbocycles. The van der Waals surface area contributed by atoms with E-state index < -0.39 is 124 Å². The summed E-state index contributed by atoms with van der Waals surface area (Å²) >= 11 is 0. The average Bonchev–Trinajstić information content (AvgIpc) is 0.792. The predicted octanol–water partition coefficient (Wildman–Crippen LogP) is 14.3. The van der Waals surface area contributed by atoms with Crippen molar-refractivity contribution in [2.24, 2.45) is 0 Å². The van der Waals surface area contributed by atoms with Gasteiger partial charge in [0.15, 0.2) is 18.9 Å². The van der Waals surface area contributed by atoms with Gasteiger partial charge in [0.25, 0.3) is 0 Å². The van der Waals surface area contributed by atoms with Crippen molar-refractivity contribution in [3.63, 3.8) is 0 Å². The number of hydrogen-bond donors (Lipinski definition) is 12. The van der Waals surface area contributed by atoms with Crippen LogP contribution < -0.4 is 5.32 Å². The molecule has 0 spiro atoms. The van der Waals surface area contributed by atoms with Gasteiger partial charge in [-0.3, -0.25) is 4.79 Å². The van der Waals surface area contributed by atoms with Crippen molar-refractivity contribution in [3.8, 4) is 0 Å². The first-order valence-corrected chi connectivity index (χ1v) is 41.7. The number of carbonyl (C=O) groups excluding carboxylic acids is 1. The monoisotopic (exact) mass is 1440 g/mol. The molecule has 101 heavy (non-hydrogen) atoms. The summed E-state index contributed by atoms with van der Waals surface area (Å²) in [5, 5.41) is 121. The predicted molar refractivity (Wildman–Crippen MR) is 402 cm³/mol. The van der Waals surface area contributed by atoms with Crippen molar-refractivity contribution in [1.82, 2.24) is 5.32 Å². The molecule has 17 atom stereocenters. The van der Waals surface area contributed by atoms with Crippen LogP contribution in [0.2, 0.25) is 0 Å².